The number of halogens is 2. The molecular weight excluding hydrogens is 301 g/mol. The molecular formula is C12H13Cl2N5O. The van der Waals surface area contributed by atoms with Crippen molar-refractivity contribution in [3.05, 3.63) is 40.4 Å². The number of rotatable bonds is 6. The SMILES string of the molecule is C=CCn1nnnc1NCc1cc(Cl)c(OC)c(Cl)c1. The normalized spacial score (nSPS) is 10.3. The molecule has 1 aromatic heterocycles. The van der Waals surface area contributed by atoms with Crippen LogP contribution in [0.3, 0.4) is 0 Å². The van der Waals surface area contributed by atoms with Gasteiger partial charge in [0.2, 0.25) is 5.95 Å². The van der Waals surface area contributed by atoms with Crippen LogP contribution in [0.4, 0.5) is 5.95 Å². The minimum Gasteiger partial charge on any atom is -0.494 e. The van der Waals surface area contributed by atoms with Gasteiger partial charge in [-0.25, -0.2) is 4.68 Å². The summed E-state index contributed by atoms with van der Waals surface area (Å²) in [6, 6.07) is 3.56. The zero-order valence-electron chi connectivity index (χ0n) is 10.8. The lowest BCUT2D eigenvalue weighted by Crippen LogP contribution is -2.08. The Morgan fingerprint density at radius 2 is 2.10 bits per heavy atom. The molecule has 106 valence electrons. The van der Waals surface area contributed by atoms with Crippen LogP contribution in [0.15, 0.2) is 24.8 Å². The topological polar surface area (TPSA) is 64.9 Å². The van der Waals surface area contributed by atoms with Gasteiger partial charge in [0.1, 0.15) is 0 Å². The molecule has 0 aliphatic heterocycles. The molecule has 0 radical (unpaired) electrons. The van der Waals surface area contributed by atoms with Crippen LogP contribution >= 0.6 is 23.2 Å². The van der Waals surface area contributed by atoms with Gasteiger partial charge >= 0.3 is 0 Å². The van der Waals surface area contributed by atoms with Crippen molar-refractivity contribution in [2.75, 3.05) is 12.4 Å². The average Bonchev–Trinajstić information content (AvgIpc) is 2.84. The lowest BCUT2D eigenvalue weighted by molar-refractivity contribution is 0.415. The molecule has 1 N–H and O–H groups in total. The minimum atomic E-state index is 0.461. The molecule has 1 heterocycles. The minimum absolute atomic E-state index is 0.461. The van der Waals surface area contributed by atoms with Crippen molar-refractivity contribution in [2.24, 2.45) is 0 Å². The quantitative estimate of drug-likeness (QED) is 0.831. The van der Waals surface area contributed by atoms with Gasteiger partial charge in [-0.1, -0.05) is 34.4 Å². The van der Waals surface area contributed by atoms with Gasteiger partial charge in [0.05, 0.1) is 23.7 Å². The number of allylic oxidation sites excluding steroid dienone is 1. The zero-order chi connectivity index (χ0) is 14.5. The third-order valence-corrected chi connectivity index (χ3v) is 3.11. The summed E-state index contributed by atoms with van der Waals surface area (Å²) >= 11 is 12.2. The fourth-order valence-corrected chi connectivity index (χ4v) is 2.35. The van der Waals surface area contributed by atoms with E-state index in [0.29, 0.717) is 34.8 Å². The van der Waals surface area contributed by atoms with Crippen LogP contribution in [-0.2, 0) is 13.1 Å². The second kappa shape index (κ2) is 6.58. The van der Waals surface area contributed by atoms with Crippen LogP contribution in [0.5, 0.6) is 5.75 Å². The molecule has 0 atom stereocenters. The van der Waals surface area contributed by atoms with Crippen molar-refractivity contribution >= 4 is 29.2 Å². The van der Waals surface area contributed by atoms with Gasteiger partial charge in [0.15, 0.2) is 5.75 Å². The van der Waals surface area contributed by atoms with Crippen LogP contribution in [0.2, 0.25) is 10.0 Å². The molecule has 1 aromatic carbocycles. The third-order valence-electron chi connectivity index (χ3n) is 2.55. The zero-order valence-corrected chi connectivity index (χ0v) is 12.3. The highest BCUT2D eigenvalue weighted by molar-refractivity contribution is 6.37. The molecule has 2 rings (SSSR count). The first-order chi connectivity index (χ1) is 9.65. The maximum Gasteiger partial charge on any atom is 0.243 e. The summed E-state index contributed by atoms with van der Waals surface area (Å²) in [6.07, 6.45) is 1.71. The number of tetrazole rings is 1. The summed E-state index contributed by atoms with van der Waals surface area (Å²) in [5, 5.41) is 15.3. The Kier molecular flexibility index (Phi) is 4.81. The number of hydrogen-bond donors (Lipinski definition) is 1. The molecule has 0 aliphatic rings. The summed E-state index contributed by atoms with van der Waals surface area (Å²) in [6.45, 7) is 4.66. The summed E-state index contributed by atoms with van der Waals surface area (Å²) < 4.78 is 6.70. The van der Waals surface area contributed by atoms with Gasteiger partial charge in [-0.3, -0.25) is 0 Å². The Bertz CT molecular complexity index is 591. The van der Waals surface area contributed by atoms with E-state index < -0.39 is 0 Å². The summed E-state index contributed by atoms with van der Waals surface area (Å²) in [5.41, 5.74) is 0.897. The van der Waals surface area contributed by atoms with E-state index in [-0.39, 0.29) is 0 Å². The lowest BCUT2D eigenvalue weighted by atomic mass is 10.2. The highest BCUT2D eigenvalue weighted by Gasteiger charge is 2.09. The summed E-state index contributed by atoms with van der Waals surface area (Å²) in [5.74, 6) is 1.02. The van der Waals surface area contributed by atoms with E-state index in [1.165, 1.54) is 7.11 Å². The number of nitrogens with one attached hydrogen (secondary N) is 1. The second-order valence-corrected chi connectivity index (χ2v) is 4.73. The van der Waals surface area contributed by atoms with Crippen molar-refractivity contribution in [1.82, 2.24) is 20.2 Å². The van der Waals surface area contributed by atoms with E-state index in [1.54, 1.807) is 22.9 Å². The van der Waals surface area contributed by atoms with Crippen molar-refractivity contribution in [3.8, 4) is 5.75 Å². The lowest BCUT2D eigenvalue weighted by Gasteiger charge is -2.10. The number of benzene rings is 1. The van der Waals surface area contributed by atoms with Crippen LogP contribution in [-0.4, -0.2) is 27.3 Å². The van der Waals surface area contributed by atoms with Crippen LogP contribution in [0.1, 0.15) is 5.56 Å². The van der Waals surface area contributed by atoms with Crippen molar-refractivity contribution in [2.45, 2.75) is 13.1 Å². The standard InChI is InChI=1S/C12H13Cl2N5O/c1-3-4-19-12(16-17-18-19)15-7-8-5-9(13)11(20-2)10(14)6-8/h3,5-6H,1,4,7H2,2H3,(H,15,16,18). The number of anilines is 1. The van der Waals surface area contributed by atoms with Crippen LogP contribution in [0.25, 0.3) is 0 Å². The van der Waals surface area contributed by atoms with Gasteiger partial charge in [0.25, 0.3) is 0 Å². The Labute approximate surface area is 126 Å². The average molecular weight is 314 g/mol. The predicted octanol–water partition coefficient (Wildman–Crippen LogP) is 2.79. The van der Waals surface area contributed by atoms with Crippen LogP contribution < -0.4 is 10.1 Å². The molecule has 0 unspecified atom stereocenters. The maximum absolute atomic E-state index is 6.08. The Morgan fingerprint density at radius 3 is 2.70 bits per heavy atom. The number of nitrogens with zero attached hydrogens (tertiary/aromatic N) is 4. The Balaban J connectivity index is 2.11. The molecule has 0 aliphatic carbocycles. The molecule has 2 aromatic rings. The smallest absolute Gasteiger partial charge is 0.243 e. The second-order valence-electron chi connectivity index (χ2n) is 3.92. The highest BCUT2D eigenvalue weighted by atomic mass is 35.5. The highest BCUT2D eigenvalue weighted by Crippen LogP contribution is 2.33. The molecule has 0 saturated carbocycles. The van der Waals surface area contributed by atoms with Gasteiger partial charge in [-0.15, -0.1) is 6.58 Å². The van der Waals surface area contributed by atoms with Gasteiger partial charge < -0.3 is 10.1 Å². The summed E-state index contributed by atoms with van der Waals surface area (Å²) in [7, 11) is 1.52. The fourth-order valence-electron chi connectivity index (χ4n) is 1.67. The molecule has 0 bridgehead atoms. The largest absolute Gasteiger partial charge is 0.494 e. The van der Waals surface area contributed by atoms with Crippen LogP contribution in [0, 0.1) is 0 Å². The first-order valence-corrected chi connectivity index (χ1v) is 6.54. The first kappa shape index (κ1) is 14.6. The monoisotopic (exact) mass is 313 g/mol. The number of aromatic nitrogens is 4. The Morgan fingerprint density at radius 1 is 1.40 bits per heavy atom. The predicted molar refractivity (Wildman–Crippen MR) is 78.4 cm³/mol. The van der Waals surface area contributed by atoms with Gasteiger partial charge in [0, 0.05) is 6.54 Å². The van der Waals surface area contributed by atoms with Crippen molar-refractivity contribution < 1.29 is 4.74 Å². The number of ether oxygens (including phenoxy) is 1. The number of hydrogen-bond acceptors (Lipinski definition) is 5. The molecule has 0 amide bonds. The van der Waals surface area contributed by atoms with Gasteiger partial charge in [-0.2, -0.15) is 0 Å². The molecule has 0 fully saturated rings. The van der Waals surface area contributed by atoms with E-state index in [9.17, 15) is 0 Å². The van der Waals surface area contributed by atoms with Gasteiger partial charge in [-0.05, 0) is 28.1 Å². The molecule has 0 saturated heterocycles. The van der Waals surface area contributed by atoms with E-state index in [0.717, 1.165) is 5.56 Å². The maximum atomic E-state index is 6.08. The van der Waals surface area contributed by atoms with Crippen molar-refractivity contribution in [3.63, 3.8) is 0 Å². The van der Waals surface area contributed by atoms with E-state index in [1.807, 2.05) is 0 Å². The number of methoxy groups -OCH3 is 1. The molecule has 8 heteroatoms. The summed E-state index contributed by atoms with van der Waals surface area (Å²) in [4.78, 5) is 0. The van der Waals surface area contributed by atoms with E-state index in [2.05, 4.69) is 27.4 Å². The Hall–Kier alpha value is -1.79. The molecule has 6 nitrogen and oxygen atoms in total. The molecule has 20 heavy (non-hydrogen) atoms. The van der Waals surface area contributed by atoms with E-state index in [4.69, 9.17) is 27.9 Å². The van der Waals surface area contributed by atoms with E-state index >= 15 is 0 Å². The third kappa shape index (κ3) is 3.20. The first-order valence-electron chi connectivity index (χ1n) is 5.78. The molecule has 0 spiro atoms. The van der Waals surface area contributed by atoms with Crippen molar-refractivity contribution in [1.29, 1.82) is 0 Å². The fraction of sp³-hybridized carbons (Fsp3) is 0.250.